The van der Waals surface area contributed by atoms with Crippen LogP contribution in [0.5, 0.6) is 0 Å². The zero-order chi connectivity index (χ0) is 14.0. The van der Waals surface area contributed by atoms with Crippen molar-refractivity contribution < 1.29 is 14.0 Å². The molecule has 3 rings (SSSR count). The molecule has 0 bridgehead atoms. The van der Waals surface area contributed by atoms with Crippen LogP contribution in [0.4, 0.5) is 0 Å². The molecule has 1 aromatic heterocycles. The Bertz CT molecular complexity index is 450. The van der Waals surface area contributed by atoms with Gasteiger partial charge >= 0.3 is 7.12 Å². The van der Waals surface area contributed by atoms with Gasteiger partial charge in [0.15, 0.2) is 0 Å². The summed E-state index contributed by atoms with van der Waals surface area (Å²) in [4.78, 5) is 4.40. The van der Waals surface area contributed by atoms with Gasteiger partial charge in [0.25, 0.3) is 0 Å². The highest BCUT2D eigenvalue weighted by Gasteiger charge is 2.34. The summed E-state index contributed by atoms with van der Waals surface area (Å²) in [5.74, 6) is 0. The average molecular weight is 275 g/mol. The van der Waals surface area contributed by atoms with Crippen molar-refractivity contribution in [2.45, 2.75) is 39.2 Å². The molecule has 0 N–H and O–H groups in total. The number of pyridine rings is 1. The van der Waals surface area contributed by atoms with Gasteiger partial charge in [-0.1, -0.05) is 13.8 Å². The van der Waals surface area contributed by atoms with Gasteiger partial charge < -0.3 is 14.0 Å². The predicted octanol–water partition coefficient (Wildman–Crippen LogP) is 2.09. The number of aromatic nitrogens is 1. The minimum absolute atomic E-state index is 0.0839. The van der Waals surface area contributed by atoms with Crippen molar-refractivity contribution in [2.75, 3.05) is 19.8 Å². The van der Waals surface area contributed by atoms with Gasteiger partial charge in [-0.2, -0.15) is 0 Å². The highest BCUT2D eigenvalue weighted by molar-refractivity contribution is 6.60. The highest BCUT2D eigenvalue weighted by atomic mass is 16.6. The third-order valence-corrected chi connectivity index (χ3v) is 3.85. The summed E-state index contributed by atoms with van der Waals surface area (Å²) >= 11 is 0. The van der Waals surface area contributed by atoms with Crippen LogP contribution in [0.3, 0.4) is 0 Å². The highest BCUT2D eigenvalue weighted by Crippen LogP contribution is 2.27. The molecule has 0 aliphatic carbocycles. The van der Waals surface area contributed by atoms with Gasteiger partial charge in [-0.25, -0.2) is 0 Å². The van der Waals surface area contributed by atoms with Gasteiger partial charge in [0.2, 0.25) is 0 Å². The van der Waals surface area contributed by atoms with Gasteiger partial charge in [0.1, 0.15) is 0 Å². The largest absolute Gasteiger partial charge is 0.513 e. The Morgan fingerprint density at radius 2 is 2.05 bits per heavy atom. The van der Waals surface area contributed by atoms with Crippen LogP contribution < -0.4 is 5.59 Å². The molecule has 0 radical (unpaired) electrons. The molecule has 0 saturated carbocycles. The van der Waals surface area contributed by atoms with E-state index in [-0.39, 0.29) is 18.6 Å². The molecule has 0 amide bonds. The first kappa shape index (κ1) is 14.0. The zero-order valence-electron chi connectivity index (χ0n) is 12.3. The van der Waals surface area contributed by atoms with E-state index >= 15 is 0 Å². The molecular formula is C15H22BNO3. The minimum Gasteiger partial charge on any atom is -0.406 e. The van der Waals surface area contributed by atoms with E-state index in [4.69, 9.17) is 14.0 Å². The third kappa shape index (κ3) is 3.22. The van der Waals surface area contributed by atoms with E-state index in [2.05, 4.69) is 24.9 Å². The Hall–Kier alpha value is -0.905. The SMILES string of the molecule is CC1(C)COB(c2cc(C3CCCCO3)ccn2)OC1. The van der Waals surface area contributed by atoms with Crippen LogP contribution in [0.25, 0.3) is 0 Å². The number of ether oxygens (including phenoxy) is 1. The van der Waals surface area contributed by atoms with Crippen LogP contribution in [0, 0.1) is 5.41 Å². The standard InChI is InChI=1S/C15H22BNO3/c1-15(2)10-19-16(20-11-15)14-9-12(6-7-17-14)13-5-3-4-8-18-13/h6-7,9,13H,3-5,8,10-11H2,1-2H3. The molecule has 2 fully saturated rings. The number of hydrogen-bond donors (Lipinski definition) is 0. The molecule has 1 atom stereocenters. The summed E-state index contributed by atoms with van der Waals surface area (Å²) in [6.45, 7) is 6.53. The summed E-state index contributed by atoms with van der Waals surface area (Å²) in [6, 6.07) is 4.10. The lowest BCUT2D eigenvalue weighted by Crippen LogP contribution is -2.48. The zero-order valence-corrected chi connectivity index (χ0v) is 12.3. The van der Waals surface area contributed by atoms with Crippen LogP contribution in [-0.2, 0) is 14.0 Å². The first-order valence-electron chi connectivity index (χ1n) is 7.45. The Labute approximate surface area is 121 Å². The summed E-state index contributed by atoms with van der Waals surface area (Å²) in [6.07, 6.45) is 5.51. The van der Waals surface area contributed by atoms with Crippen molar-refractivity contribution in [1.82, 2.24) is 4.98 Å². The fourth-order valence-electron chi connectivity index (χ4n) is 2.66. The summed E-state index contributed by atoms with van der Waals surface area (Å²) in [7, 11) is -0.341. The molecule has 108 valence electrons. The van der Waals surface area contributed by atoms with Gasteiger partial charge in [-0.15, -0.1) is 0 Å². The molecule has 1 unspecified atom stereocenters. The van der Waals surface area contributed by atoms with Crippen LogP contribution >= 0.6 is 0 Å². The predicted molar refractivity (Wildman–Crippen MR) is 77.9 cm³/mol. The maximum absolute atomic E-state index is 5.83. The average Bonchev–Trinajstić information content (AvgIpc) is 2.48. The Morgan fingerprint density at radius 3 is 2.75 bits per heavy atom. The molecule has 2 aliphatic heterocycles. The number of hydrogen-bond acceptors (Lipinski definition) is 4. The van der Waals surface area contributed by atoms with Gasteiger partial charge in [-0.3, -0.25) is 4.98 Å². The van der Waals surface area contributed by atoms with E-state index in [9.17, 15) is 0 Å². The molecule has 0 aromatic carbocycles. The van der Waals surface area contributed by atoms with Crippen LogP contribution in [0.15, 0.2) is 18.3 Å². The third-order valence-electron chi connectivity index (χ3n) is 3.85. The van der Waals surface area contributed by atoms with Crippen molar-refractivity contribution in [3.63, 3.8) is 0 Å². The lowest BCUT2D eigenvalue weighted by molar-refractivity contribution is 0.0148. The summed E-state index contributed by atoms with van der Waals surface area (Å²) in [5.41, 5.74) is 2.12. The summed E-state index contributed by atoms with van der Waals surface area (Å²) < 4.78 is 17.4. The lowest BCUT2D eigenvalue weighted by Gasteiger charge is -2.33. The van der Waals surface area contributed by atoms with E-state index in [1.807, 2.05) is 12.3 Å². The van der Waals surface area contributed by atoms with Gasteiger partial charge in [0, 0.05) is 31.4 Å². The normalized spacial score (nSPS) is 26.5. The molecule has 0 spiro atoms. The molecule has 20 heavy (non-hydrogen) atoms. The second-order valence-electron chi connectivity index (χ2n) is 6.49. The fraction of sp³-hybridized carbons (Fsp3) is 0.667. The monoisotopic (exact) mass is 275 g/mol. The van der Waals surface area contributed by atoms with E-state index in [0.717, 1.165) is 18.6 Å². The van der Waals surface area contributed by atoms with Crippen LogP contribution in [0.2, 0.25) is 0 Å². The lowest BCUT2D eigenvalue weighted by atomic mass is 9.79. The maximum atomic E-state index is 5.83. The Kier molecular flexibility index (Phi) is 4.10. The van der Waals surface area contributed by atoms with Crippen LogP contribution in [0.1, 0.15) is 44.8 Å². The van der Waals surface area contributed by atoms with Crippen molar-refractivity contribution >= 4 is 12.7 Å². The molecule has 1 aromatic rings. The molecule has 2 saturated heterocycles. The summed E-state index contributed by atoms with van der Waals surface area (Å²) in [5, 5.41) is 0. The van der Waals surface area contributed by atoms with Crippen LogP contribution in [-0.4, -0.2) is 31.9 Å². The van der Waals surface area contributed by atoms with Gasteiger partial charge in [0.05, 0.1) is 11.7 Å². The van der Waals surface area contributed by atoms with Crippen molar-refractivity contribution in [3.05, 3.63) is 23.9 Å². The van der Waals surface area contributed by atoms with Crippen molar-refractivity contribution in [1.29, 1.82) is 0 Å². The number of nitrogens with zero attached hydrogens (tertiary/aromatic N) is 1. The van der Waals surface area contributed by atoms with Gasteiger partial charge in [-0.05, 0) is 37.0 Å². The Morgan fingerprint density at radius 1 is 1.25 bits per heavy atom. The molecular weight excluding hydrogens is 253 g/mol. The quantitative estimate of drug-likeness (QED) is 0.775. The second kappa shape index (κ2) is 5.84. The topological polar surface area (TPSA) is 40.6 Å². The smallest absolute Gasteiger partial charge is 0.406 e. The van der Waals surface area contributed by atoms with E-state index in [0.29, 0.717) is 13.2 Å². The number of rotatable bonds is 2. The first-order chi connectivity index (χ1) is 9.64. The molecule has 2 aliphatic rings. The van der Waals surface area contributed by atoms with E-state index in [1.165, 1.54) is 18.4 Å². The molecule has 5 heteroatoms. The first-order valence-corrected chi connectivity index (χ1v) is 7.45. The van der Waals surface area contributed by atoms with Crippen molar-refractivity contribution in [3.8, 4) is 0 Å². The maximum Gasteiger partial charge on any atom is 0.513 e. The van der Waals surface area contributed by atoms with E-state index in [1.54, 1.807) is 0 Å². The molecule has 3 heterocycles. The van der Waals surface area contributed by atoms with E-state index < -0.39 is 0 Å². The Balaban J connectivity index is 1.71. The van der Waals surface area contributed by atoms with Crippen molar-refractivity contribution in [2.24, 2.45) is 5.41 Å². The molecule has 4 nitrogen and oxygen atoms in total. The minimum atomic E-state index is -0.341. The fourth-order valence-corrected chi connectivity index (χ4v) is 2.66. The second-order valence-corrected chi connectivity index (χ2v) is 6.49.